The lowest BCUT2D eigenvalue weighted by Gasteiger charge is -2.41. The van der Waals surface area contributed by atoms with Gasteiger partial charge in [-0.1, -0.05) is 308 Å². The number of esters is 1. The smallest absolute Gasteiger partial charge is 0.306 e. The largest absolute Gasteiger partial charge is 0.454 e. The second-order valence-electron chi connectivity index (χ2n) is 25.3. The summed E-state index contributed by atoms with van der Waals surface area (Å²) in [5.41, 5.74) is 0. The Balaban J connectivity index is 2.54. The number of carbonyl (C=O) groups excluding carboxylic acids is 2. The van der Waals surface area contributed by atoms with E-state index in [0.717, 1.165) is 64.2 Å². The molecule has 0 spiro atoms. The van der Waals surface area contributed by atoms with E-state index in [1.165, 1.54) is 244 Å². The molecule has 84 heavy (non-hydrogen) atoms. The number of carbonyl (C=O) groups is 2. The van der Waals surface area contributed by atoms with Crippen LogP contribution in [0.3, 0.4) is 0 Å². The Kier molecular flexibility index (Phi) is 58.1. The minimum Gasteiger partial charge on any atom is -0.454 e. The molecule has 11 heteroatoms. The maximum Gasteiger partial charge on any atom is 0.306 e. The molecule has 0 saturated carbocycles. The van der Waals surface area contributed by atoms with E-state index in [2.05, 4.69) is 50.4 Å². The van der Waals surface area contributed by atoms with Gasteiger partial charge in [0.25, 0.3) is 0 Å². The predicted octanol–water partition coefficient (Wildman–Crippen LogP) is 18.6. The fourth-order valence-electron chi connectivity index (χ4n) is 11.5. The van der Waals surface area contributed by atoms with Crippen LogP contribution in [0.25, 0.3) is 0 Å². The van der Waals surface area contributed by atoms with Gasteiger partial charge in [0.15, 0.2) is 12.4 Å². The number of amides is 1. The summed E-state index contributed by atoms with van der Waals surface area (Å²) in [7, 11) is 0. The highest BCUT2D eigenvalue weighted by Crippen LogP contribution is 2.26. The number of ether oxygens (including phenoxy) is 3. The summed E-state index contributed by atoms with van der Waals surface area (Å²) in [4.78, 5) is 26.7. The number of hydrogen-bond acceptors (Lipinski definition) is 10. The summed E-state index contributed by atoms with van der Waals surface area (Å²) in [5, 5.41) is 57.2. The summed E-state index contributed by atoms with van der Waals surface area (Å²) < 4.78 is 17.7. The molecule has 0 aromatic heterocycles. The van der Waals surface area contributed by atoms with Crippen LogP contribution in [-0.4, -0.2) is 99.6 Å². The van der Waals surface area contributed by atoms with E-state index >= 15 is 0 Å². The molecule has 8 atom stereocenters. The van der Waals surface area contributed by atoms with Gasteiger partial charge in [-0.25, -0.2) is 0 Å². The molecule has 1 amide bonds. The highest BCUT2D eigenvalue weighted by molar-refractivity contribution is 5.80. The number of aliphatic hydroxyl groups is 5. The van der Waals surface area contributed by atoms with Gasteiger partial charge in [0.2, 0.25) is 5.91 Å². The third-order valence-corrected chi connectivity index (χ3v) is 17.3. The van der Waals surface area contributed by atoms with Gasteiger partial charge < -0.3 is 45.1 Å². The molecule has 1 aliphatic rings. The van der Waals surface area contributed by atoms with Crippen LogP contribution in [0.15, 0.2) is 36.5 Å². The molecule has 1 rings (SSSR count). The van der Waals surface area contributed by atoms with Gasteiger partial charge in [0.05, 0.1) is 25.4 Å². The second-order valence-corrected chi connectivity index (χ2v) is 25.3. The van der Waals surface area contributed by atoms with Crippen molar-refractivity contribution < 1.29 is 49.3 Å². The lowest BCUT2D eigenvalue weighted by atomic mass is 9.99. The van der Waals surface area contributed by atoms with E-state index < -0.39 is 67.4 Å². The molecule has 6 N–H and O–H groups in total. The number of allylic oxidation sites excluding steroid dienone is 5. The zero-order valence-corrected chi connectivity index (χ0v) is 55.0. The van der Waals surface area contributed by atoms with Crippen LogP contribution >= 0.6 is 0 Å². The summed E-state index contributed by atoms with van der Waals surface area (Å²) in [6.07, 6.45) is 64.8. The van der Waals surface area contributed by atoms with Crippen LogP contribution in [0.5, 0.6) is 0 Å². The average molecular weight is 1190 g/mol. The first-order chi connectivity index (χ1) is 41.2. The zero-order chi connectivity index (χ0) is 61.0. The van der Waals surface area contributed by atoms with E-state index in [-0.39, 0.29) is 13.0 Å². The maximum atomic E-state index is 13.5. The standard InChI is InChI=1S/C73H137NO10/c1-4-7-10-13-16-19-22-25-27-29-31-32-33-34-35-36-37-39-41-43-46-49-52-55-58-61-68(78)84-71-70(80)69(79)67(62-75)83-73(71)82-63-64(65(76)59-56-53-50-47-44-24-21-18-15-12-9-6-3)74-72(81)66(77)60-57-54-51-48-45-42-40-38-30-28-26-23-20-17-14-11-8-5-2/h25-28,56,59,64-67,69-71,73,75-77,79-80H,4-24,29-55,57-58,60-63H2,1-3H3,(H,74,81)/b27-25+,28-26+,59-56+. The highest BCUT2D eigenvalue weighted by Gasteiger charge is 2.47. The molecule has 8 unspecified atom stereocenters. The molecule has 0 bridgehead atoms. The quantitative estimate of drug-likeness (QED) is 0.0195. The number of nitrogens with one attached hydrogen (secondary N) is 1. The third kappa shape index (κ3) is 47.9. The van der Waals surface area contributed by atoms with Crippen molar-refractivity contribution in [3.8, 4) is 0 Å². The van der Waals surface area contributed by atoms with Gasteiger partial charge in [0.1, 0.15) is 24.4 Å². The van der Waals surface area contributed by atoms with Gasteiger partial charge in [0, 0.05) is 6.42 Å². The van der Waals surface area contributed by atoms with Crippen LogP contribution in [0, 0.1) is 0 Å². The normalized spacial score (nSPS) is 18.6. The molecule has 1 saturated heterocycles. The minimum atomic E-state index is -1.61. The van der Waals surface area contributed by atoms with E-state index in [4.69, 9.17) is 14.2 Å². The fraction of sp³-hybridized carbons (Fsp3) is 0.890. The lowest BCUT2D eigenvalue weighted by molar-refractivity contribution is -0.305. The summed E-state index contributed by atoms with van der Waals surface area (Å²) in [6.45, 7) is 5.83. The molecule has 0 aromatic carbocycles. The Morgan fingerprint density at radius 3 is 1.15 bits per heavy atom. The molecule has 1 aliphatic heterocycles. The van der Waals surface area contributed by atoms with Crippen LogP contribution in [0.4, 0.5) is 0 Å². The second kappa shape index (κ2) is 61.1. The van der Waals surface area contributed by atoms with Crippen LogP contribution in [0.2, 0.25) is 0 Å². The van der Waals surface area contributed by atoms with Gasteiger partial charge in [-0.05, 0) is 77.0 Å². The van der Waals surface area contributed by atoms with Crippen LogP contribution < -0.4 is 5.32 Å². The topological polar surface area (TPSA) is 175 Å². The molecule has 0 aromatic rings. The summed E-state index contributed by atoms with van der Waals surface area (Å²) >= 11 is 0. The Hall–Kier alpha value is -2.12. The van der Waals surface area contributed by atoms with Crippen molar-refractivity contribution in [1.82, 2.24) is 5.32 Å². The SMILES string of the molecule is CCCCCCCC/C=C/CCCCCCCCCCCCCCCCCC(=O)OC1C(OCC(NC(=O)C(O)CCCCCCCCCC/C=C/CCCCCCCC)C(O)/C=C/CCCCCCCCCCCC)OC(CO)C(O)C1O. The summed E-state index contributed by atoms with van der Waals surface area (Å²) in [5.74, 6) is -1.18. The molecular formula is C73H137NO10. The Labute approximate surface area is 517 Å². The van der Waals surface area contributed by atoms with E-state index in [1.54, 1.807) is 6.08 Å². The molecule has 0 radical (unpaired) electrons. The lowest BCUT2D eigenvalue weighted by Crippen LogP contribution is -2.61. The molecule has 0 aliphatic carbocycles. The van der Waals surface area contributed by atoms with Gasteiger partial charge in [-0.3, -0.25) is 9.59 Å². The molecule has 494 valence electrons. The van der Waals surface area contributed by atoms with E-state index in [1.807, 2.05) is 6.08 Å². The van der Waals surface area contributed by atoms with Crippen molar-refractivity contribution in [3.05, 3.63) is 36.5 Å². The Morgan fingerprint density at radius 1 is 0.452 bits per heavy atom. The number of hydrogen-bond donors (Lipinski definition) is 6. The first-order valence-corrected chi connectivity index (χ1v) is 36.3. The third-order valence-electron chi connectivity index (χ3n) is 17.3. The monoisotopic (exact) mass is 1190 g/mol. The van der Waals surface area contributed by atoms with E-state index in [0.29, 0.717) is 19.3 Å². The van der Waals surface area contributed by atoms with Gasteiger partial charge in [-0.2, -0.15) is 0 Å². The first kappa shape index (κ1) is 79.9. The predicted molar refractivity (Wildman–Crippen MR) is 352 cm³/mol. The summed E-state index contributed by atoms with van der Waals surface area (Å²) in [6, 6.07) is -1.02. The highest BCUT2D eigenvalue weighted by atomic mass is 16.7. The fourth-order valence-corrected chi connectivity index (χ4v) is 11.5. The van der Waals surface area contributed by atoms with Crippen LogP contribution in [0.1, 0.15) is 355 Å². The van der Waals surface area contributed by atoms with Crippen molar-refractivity contribution in [3.63, 3.8) is 0 Å². The zero-order valence-electron chi connectivity index (χ0n) is 55.0. The molecule has 1 heterocycles. The Morgan fingerprint density at radius 2 is 0.786 bits per heavy atom. The number of unbranched alkanes of at least 4 members (excludes halogenated alkanes) is 45. The number of aliphatic hydroxyl groups excluding tert-OH is 5. The Bertz CT molecular complexity index is 1510. The van der Waals surface area contributed by atoms with Crippen molar-refractivity contribution in [1.29, 1.82) is 0 Å². The van der Waals surface area contributed by atoms with Crippen molar-refractivity contribution in [2.24, 2.45) is 0 Å². The van der Waals surface area contributed by atoms with Crippen molar-refractivity contribution in [2.45, 2.75) is 404 Å². The molecular weight excluding hydrogens is 1050 g/mol. The average Bonchev–Trinajstić information content (AvgIpc) is 3.69. The van der Waals surface area contributed by atoms with Crippen LogP contribution in [-0.2, 0) is 23.8 Å². The molecule has 1 fully saturated rings. The van der Waals surface area contributed by atoms with Crippen molar-refractivity contribution >= 4 is 11.9 Å². The first-order valence-electron chi connectivity index (χ1n) is 36.3. The number of rotatable bonds is 63. The molecule has 11 nitrogen and oxygen atoms in total. The maximum absolute atomic E-state index is 13.5. The van der Waals surface area contributed by atoms with Gasteiger partial charge >= 0.3 is 5.97 Å². The van der Waals surface area contributed by atoms with Gasteiger partial charge in [-0.15, -0.1) is 0 Å². The minimum absolute atomic E-state index is 0.127. The van der Waals surface area contributed by atoms with Crippen molar-refractivity contribution in [2.75, 3.05) is 13.2 Å². The van der Waals surface area contributed by atoms with E-state index in [9.17, 15) is 35.1 Å².